The zero-order valence-corrected chi connectivity index (χ0v) is 17.5. The van der Waals surface area contributed by atoms with E-state index in [2.05, 4.69) is 0 Å². The van der Waals surface area contributed by atoms with E-state index in [4.69, 9.17) is 4.99 Å². The maximum Gasteiger partial charge on any atom is 0.328 e. The molecule has 3 aliphatic heterocycles. The number of carbonyl (C=O) groups is 3. The summed E-state index contributed by atoms with van der Waals surface area (Å²) in [6.07, 6.45) is -0.628. The van der Waals surface area contributed by atoms with Gasteiger partial charge in [0.05, 0.1) is 6.04 Å². The molecule has 3 atom stereocenters. The maximum absolute atomic E-state index is 13.4. The summed E-state index contributed by atoms with van der Waals surface area (Å²) in [5.41, 5.74) is 3.98. The van der Waals surface area contributed by atoms with Gasteiger partial charge in [-0.1, -0.05) is 17.7 Å². The Labute approximate surface area is 170 Å². The van der Waals surface area contributed by atoms with Gasteiger partial charge in [0.2, 0.25) is 5.96 Å². The van der Waals surface area contributed by atoms with Gasteiger partial charge in [-0.15, -0.1) is 0 Å². The minimum Gasteiger partial charge on any atom is -0.302 e. The Balaban J connectivity index is 1.78. The highest BCUT2D eigenvalue weighted by Gasteiger charge is 2.57. The molecule has 1 aromatic carbocycles. The summed E-state index contributed by atoms with van der Waals surface area (Å²) < 4.78 is 0. The number of guanidine groups is 1. The number of hydrogen-bond acceptors (Lipinski definition) is 6. The van der Waals surface area contributed by atoms with Crippen molar-refractivity contribution in [3.63, 3.8) is 0 Å². The van der Waals surface area contributed by atoms with Crippen LogP contribution in [0.3, 0.4) is 0 Å². The molecule has 3 aliphatic rings. The van der Waals surface area contributed by atoms with Gasteiger partial charge in [-0.05, 0) is 46.8 Å². The molecule has 0 aromatic heterocycles. The van der Waals surface area contributed by atoms with Crippen LogP contribution in [-0.4, -0.2) is 63.7 Å². The van der Waals surface area contributed by atoms with Gasteiger partial charge in [0.25, 0.3) is 5.91 Å². The van der Waals surface area contributed by atoms with E-state index in [1.807, 2.05) is 54.8 Å². The van der Waals surface area contributed by atoms with E-state index >= 15 is 0 Å². The van der Waals surface area contributed by atoms with Crippen LogP contribution >= 0.6 is 0 Å². The minimum atomic E-state index is -0.816. The number of fused-ring (bicyclic) bond motifs is 3. The number of imide groups is 1. The summed E-state index contributed by atoms with van der Waals surface area (Å²) >= 11 is 0. The average molecular weight is 395 g/mol. The molecule has 8 heteroatoms. The number of ketones is 1. The topological polar surface area (TPSA) is 76.5 Å². The molecule has 0 aliphatic carbocycles. The molecule has 0 bridgehead atoms. The van der Waals surface area contributed by atoms with Gasteiger partial charge in [0.1, 0.15) is 0 Å². The third-order valence-corrected chi connectivity index (χ3v) is 6.11. The van der Waals surface area contributed by atoms with E-state index < -0.39 is 30.2 Å². The van der Waals surface area contributed by atoms with Crippen molar-refractivity contribution in [2.75, 3.05) is 11.9 Å². The third-order valence-electron chi connectivity index (χ3n) is 6.11. The van der Waals surface area contributed by atoms with Crippen LogP contribution in [0.15, 0.2) is 40.7 Å². The van der Waals surface area contributed by atoms with E-state index in [0.29, 0.717) is 5.96 Å². The fourth-order valence-electron chi connectivity index (χ4n) is 4.12. The summed E-state index contributed by atoms with van der Waals surface area (Å²) in [5, 5.41) is 0. The highest BCUT2D eigenvalue weighted by atomic mass is 16.2. The molecule has 1 fully saturated rings. The Morgan fingerprint density at radius 2 is 1.69 bits per heavy atom. The monoisotopic (exact) mass is 395 g/mol. The molecule has 3 amide bonds. The smallest absolute Gasteiger partial charge is 0.302 e. The summed E-state index contributed by atoms with van der Waals surface area (Å²) in [4.78, 5) is 49.3. The van der Waals surface area contributed by atoms with Crippen LogP contribution in [0.5, 0.6) is 0 Å². The molecule has 1 aromatic rings. The van der Waals surface area contributed by atoms with Crippen LogP contribution in [-0.2, 0) is 9.59 Å². The first-order valence-electron chi connectivity index (χ1n) is 9.66. The van der Waals surface area contributed by atoms with Crippen molar-refractivity contribution in [2.45, 2.75) is 52.9 Å². The molecule has 1 saturated heterocycles. The van der Waals surface area contributed by atoms with Crippen molar-refractivity contribution < 1.29 is 14.4 Å². The number of allylic oxidation sites excluding steroid dienone is 2. The number of amides is 3. The van der Waals surface area contributed by atoms with Gasteiger partial charge in [0, 0.05) is 24.1 Å². The predicted molar refractivity (Wildman–Crippen MR) is 109 cm³/mol. The SMILES string of the molecule is CC(=O)C(C)N1C(=O)C2C(N=C3N(c4ccc(C)cc4)C(C)=C(C)N32)N(C)C1=O. The zero-order chi connectivity index (χ0) is 21.2. The molecule has 0 radical (unpaired) electrons. The number of likely N-dealkylation sites (N-methyl/N-ethyl adjacent to an activating group) is 1. The van der Waals surface area contributed by atoms with Crippen molar-refractivity contribution in [1.82, 2.24) is 14.7 Å². The van der Waals surface area contributed by atoms with Gasteiger partial charge in [-0.2, -0.15) is 0 Å². The first-order valence-corrected chi connectivity index (χ1v) is 9.66. The van der Waals surface area contributed by atoms with E-state index in [9.17, 15) is 14.4 Å². The number of benzene rings is 1. The van der Waals surface area contributed by atoms with Crippen LogP contribution in [0.4, 0.5) is 10.5 Å². The lowest BCUT2D eigenvalue weighted by atomic mass is 10.1. The van der Waals surface area contributed by atoms with Crippen molar-refractivity contribution >= 4 is 29.4 Å². The largest absolute Gasteiger partial charge is 0.328 e. The molecule has 0 spiro atoms. The third kappa shape index (κ3) is 2.58. The summed E-state index contributed by atoms with van der Waals surface area (Å²) in [7, 11) is 1.63. The Bertz CT molecular complexity index is 981. The molecular formula is C21H25N5O3. The van der Waals surface area contributed by atoms with Gasteiger partial charge in [0.15, 0.2) is 18.0 Å². The summed E-state index contributed by atoms with van der Waals surface area (Å²) in [6, 6.07) is 6.09. The second-order valence-electron chi connectivity index (χ2n) is 7.89. The van der Waals surface area contributed by atoms with Crippen LogP contribution in [0.25, 0.3) is 0 Å². The molecule has 4 rings (SSSR count). The highest BCUT2D eigenvalue weighted by molar-refractivity contribution is 6.11. The molecule has 3 unspecified atom stereocenters. The van der Waals surface area contributed by atoms with Gasteiger partial charge >= 0.3 is 6.03 Å². The van der Waals surface area contributed by atoms with E-state index in [0.717, 1.165) is 27.5 Å². The number of rotatable bonds is 3. The standard InChI is InChI=1S/C21H25N5O3/c1-11-7-9-16(10-8-11)24-12(2)13(3)25-17-18(22-20(24)25)23(6)21(29)26(19(17)28)14(4)15(5)27/h7-10,14,17-18H,1-6H3. The summed E-state index contributed by atoms with van der Waals surface area (Å²) in [5.74, 6) is 0.00507. The molecule has 152 valence electrons. The maximum atomic E-state index is 13.4. The normalized spacial score (nSPS) is 24.8. The molecule has 3 heterocycles. The number of aliphatic imine (C=N–C) groups is 1. The number of anilines is 1. The Hall–Kier alpha value is -3.16. The van der Waals surface area contributed by atoms with Gasteiger partial charge in [-0.3, -0.25) is 24.3 Å². The van der Waals surface area contributed by atoms with E-state index in [-0.39, 0.29) is 5.78 Å². The first-order chi connectivity index (χ1) is 13.6. The van der Waals surface area contributed by atoms with Crippen molar-refractivity contribution in [3.8, 4) is 0 Å². The quantitative estimate of drug-likeness (QED) is 0.785. The van der Waals surface area contributed by atoms with E-state index in [1.54, 1.807) is 14.0 Å². The van der Waals surface area contributed by atoms with Gasteiger partial charge in [-0.25, -0.2) is 9.79 Å². The first kappa shape index (κ1) is 19.2. The lowest BCUT2D eigenvalue weighted by Crippen LogP contribution is -2.67. The lowest BCUT2D eigenvalue weighted by Gasteiger charge is -2.42. The van der Waals surface area contributed by atoms with Gasteiger partial charge < -0.3 is 4.90 Å². The zero-order valence-electron chi connectivity index (χ0n) is 17.5. The Kier molecular flexibility index (Phi) is 4.25. The van der Waals surface area contributed by atoms with E-state index in [1.165, 1.54) is 11.8 Å². The van der Waals surface area contributed by atoms with Crippen molar-refractivity contribution in [1.29, 1.82) is 0 Å². The van der Waals surface area contributed by atoms with Crippen LogP contribution < -0.4 is 4.90 Å². The number of Topliss-reactive ketones (excluding diaryl/α,β-unsaturated/α-hetero) is 1. The second-order valence-corrected chi connectivity index (χ2v) is 7.89. The average Bonchev–Trinajstić information content (AvgIpc) is 3.17. The number of aryl methyl sites for hydroxylation is 1. The minimum absolute atomic E-state index is 0.233. The fourth-order valence-corrected chi connectivity index (χ4v) is 4.12. The number of carbonyl (C=O) groups excluding carboxylic acids is 3. The number of nitrogens with zero attached hydrogens (tertiary/aromatic N) is 5. The molecular weight excluding hydrogens is 370 g/mol. The van der Waals surface area contributed by atoms with Crippen LogP contribution in [0.2, 0.25) is 0 Å². The van der Waals surface area contributed by atoms with Crippen LogP contribution in [0.1, 0.15) is 33.3 Å². The fraction of sp³-hybridized carbons (Fsp3) is 0.429. The Morgan fingerprint density at radius 3 is 2.28 bits per heavy atom. The number of hydrogen-bond donors (Lipinski definition) is 0. The van der Waals surface area contributed by atoms with Crippen LogP contribution in [0, 0.1) is 6.92 Å². The molecule has 0 saturated carbocycles. The predicted octanol–water partition coefficient (Wildman–Crippen LogP) is 2.30. The lowest BCUT2D eigenvalue weighted by molar-refractivity contribution is -0.142. The Morgan fingerprint density at radius 1 is 1.07 bits per heavy atom. The van der Waals surface area contributed by atoms with Crippen molar-refractivity contribution in [3.05, 3.63) is 41.2 Å². The van der Waals surface area contributed by atoms with Crippen molar-refractivity contribution in [2.24, 2.45) is 4.99 Å². The second kappa shape index (κ2) is 6.43. The molecule has 29 heavy (non-hydrogen) atoms. The summed E-state index contributed by atoms with van der Waals surface area (Å²) in [6.45, 7) is 8.93. The molecule has 0 N–H and O–H groups in total. The molecule has 8 nitrogen and oxygen atoms in total. The highest BCUT2D eigenvalue weighted by Crippen LogP contribution is 2.40. The number of urea groups is 1.